The van der Waals surface area contributed by atoms with Crippen LogP contribution in [0.3, 0.4) is 0 Å². The van der Waals surface area contributed by atoms with E-state index in [0.29, 0.717) is 17.3 Å². The van der Waals surface area contributed by atoms with Crippen LogP contribution >= 0.6 is 0 Å². The Balaban J connectivity index is 1.80. The molecule has 2 aliphatic heterocycles. The van der Waals surface area contributed by atoms with Crippen molar-refractivity contribution in [1.29, 1.82) is 0 Å². The molecule has 10 nitrogen and oxygen atoms in total. The maximum absolute atomic E-state index is 17.1. The largest absolute Gasteiger partial charge is 0.507 e. The third-order valence-electron chi connectivity index (χ3n) is 8.46. The molecule has 0 bridgehead atoms. The minimum atomic E-state index is -1.75. The number of amides is 2. The SMILES string of the molecule is C=CC(=O)N1CC2C(=O)Nc3c(F)c(-c4c(O)ccc(F)c4F)c(F)c4c3c(nc(=O)n4-c3c(C)ccnc3C(C)C)N2CC1C. The Kier molecular flexibility index (Phi) is 7.33. The number of aryl methyl sites for hydroxylation is 1. The van der Waals surface area contributed by atoms with Crippen LogP contribution in [0, 0.1) is 30.2 Å². The molecule has 2 unspecified atom stereocenters. The van der Waals surface area contributed by atoms with Gasteiger partial charge in [0, 0.05) is 18.8 Å². The lowest BCUT2D eigenvalue weighted by Gasteiger charge is -2.44. The predicted octanol–water partition coefficient (Wildman–Crippen LogP) is 4.69. The van der Waals surface area contributed by atoms with E-state index in [1.54, 1.807) is 33.8 Å². The van der Waals surface area contributed by atoms with Crippen LogP contribution in [-0.2, 0) is 9.59 Å². The zero-order chi connectivity index (χ0) is 33.4. The Hall–Kier alpha value is -5.27. The Morgan fingerprint density at radius 2 is 1.80 bits per heavy atom. The number of fused-ring (bicyclic) bond motifs is 2. The number of hydrogen-bond acceptors (Lipinski definition) is 7. The number of piperazine rings is 1. The summed E-state index contributed by atoms with van der Waals surface area (Å²) < 4.78 is 64.4. The van der Waals surface area contributed by atoms with Gasteiger partial charge in [-0.2, -0.15) is 4.98 Å². The number of pyridine rings is 1. The number of phenols is 1. The Morgan fingerprint density at radius 1 is 1.09 bits per heavy atom. The van der Waals surface area contributed by atoms with Crippen molar-refractivity contribution in [3.8, 4) is 22.6 Å². The van der Waals surface area contributed by atoms with Gasteiger partial charge in [0.05, 0.1) is 40.1 Å². The van der Waals surface area contributed by atoms with Crippen LogP contribution in [0.4, 0.5) is 29.1 Å². The van der Waals surface area contributed by atoms with E-state index in [-0.39, 0.29) is 35.9 Å². The second-order valence-electron chi connectivity index (χ2n) is 11.6. The molecule has 0 aliphatic carbocycles. The summed E-state index contributed by atoms with van der Waals surface area (Å²) in [4.78, 5) is 51.9. The van der Waals surface area contributed by atoms with Gasteiger partial charge in [-0.25, -0.2) is 22.4 Å². The quantitative estimate of drug-likeness (QED) is 0.247. The number of nitrogens with one attached hydrogen (secondary N) is 1. The van der Waals surface area contributed by atoms with Crippen molar-refractivity contribution < 1.29 is 32.3 Å². The van der Waals surface area contributed by atoms with Crippen molar-refractivity contribution in [1.82, 2.24) is 19.4 Å². The molecule has 0 spiro atoms. The molecule has 1 fully saturated rings. The summed E-state index contributed by atoms with van der Waals surface area (Å²) in [5.74, 6) is -9.17. The number of nitrogens with zero attached hydrogens (tertiary/aromatic N) is 5. The summed E-state index contributed by atoms with van der Waals surface area (Å²) >= 11 is 0. The van der Waals surface area contributed by atoms with E-state index in [2.05, 4.69) is 21.9 Å². The molecule has 2 atom stereocenters. The molecule has 46 heavy (non-hydrogen) atoms. The molecule has 4 heterocycles. The molecule has 2 N–H and O–H groups in total. The van der Waals surface area contributed by atoms with Crippen LogP contribution in [0.5, 0.6) is 5.75 Å². The third-order valence-corrected chi connectivity index (χ3v) is 8.46. The average Bonchev–Trinajstić information content (AvgIpc) is 3.12. The predicted molar refractivity (Wildman–Crippen MR) is 162 cm³/mol. The lowest BCUT2D eigenvalue weighted by atomic mass is 9.97. The zero-order valence-corrected chi connectivity index (χ0v) is 25.2. The third kappa shape index (κ3) is 4.42. The summed E-state index contributed by atoms with van der Waals surface area (Å²) in [6, 6.07) is 1.13. The molecule has 238 valence electrons. The number of rotatable bonds is 4. The summed E-state index contributed by atoms with van der Waals surface area (Å²) in [6.45, 7) is 10.1. The van der Waals surface area contributed by atoms with E-state index in [0.717, 1.165) is 16.7 Å². The molecule has 0 saturated carbocycles. The van der Waals surface area contributed by atoms with Crippen LogP contribution in [-0.4, -0.2) is 61.5 Å². The minimum absolute atomic E-state index is 0.0594. The number of aromatic nitrogens is 3. The number of anilines is 2. The van der Waals surface area contributed by atoms with Crippen molar-refractivity contribution >= 4 is 34.2 Å². The van der Waals surface area contributed by atoms with Crippen LogP contribution in [0.1, 0.15) is 37.9 Å². The molecule has 0 radical (unpaired) electrons. The first-order chi connectivity index (χ1) is 21.8. The summed E-state index contributed by atoms with van der Waals surface area (Å²) in [5.41, 5.74) is -3.74. The average molecular weight is 637 g/mol. The highest BCUT2D eigenvalue weighted by molar-refractivity contribution is 6.13. The fourth-order valence-corrected chi connectivity index (χ4v) is 6.28. The fraction of sp³-hybridized carbons (Fsp3) is 0.281. The normalized spacial score (nSPS) is 17.6. The zero-order valence-electron chi connectivity index (χ0n) is 25.2. The van der Waals surface area contributed by atoms with Crippen LogP contribution in [0.15, 0.2) is 41.8 Å². The van der Waals surface area contributed by atoms with E-state index in [9.17, 15) is 23.9 Å². The first-order valence-corrected chi connectivity index (χ1v) is 14.4. The van der Waals surface area contributed by atoms with Gasteiger partial charge in [-0.05, 0) is 49.6 Å². The Bertz CT molecular complexity index is 2060. The molecule has 1 saturated heterocycles. The first kappa shape index (κ1) is 30.7. The Labute approximate surface area is 259 Å². The summed E-state index contributed by atoms with van der Waals surface area (Å²) in [5, 5.41) is 12.7. The number of carbonyl (C=O) groups excluding carboxylic acids is 2. The molecule has 2 aliphatic rings. The van der Waals surface area contributed by atoms with Crippen molar-refractivity contribution in [2.45, 2.75) is 45.7 Å². The highest BCUT2D eigenvalue weighted by atomic mass is 19.2. The van der Waals surface area contributed by atoms with Gasteiger partial charge in [0.25, 0.3) is 0 Å². The smallest absolute Gasteiger partial charge is 0.354 e. The number of phenolic OH excluding ortho intramolecular Hbond substituents is 1. The molecule has 2 aromatic carbocycles. The highest BCUT2D eigenvalue weighted by Crippen LogP contribution is 2.47. The standard InChI is InChI=1S/C32H28F4N6O4/c1-6-19(44)40-12-17-31(45)38-27-22-29(25(36)21(24(27)35)20-18(43)8-7-16(33)23(20)34)42(28-14(4)9-10-37-26(28)13(2)3)32(46)39-30(22)41(17)11-15(40)5/h6-10,13,15,17,43H,1,11-12H2,2-5H3,(H,38,45). The molecule has 2 amide bonds. The van der Waals surface area contributed by atoms with Crippen LogP contribution in [0.2, 0.25) is 0 Å². The van der Waals surface area contributed by atoms with Gasteiger partial charge in [0.15, 0.2) is 23.3 Å². The van der Waals surface area contributed by atoms with E-state index >= 15 is 13.2 Å². The molecular formula is C32H28F4N6O4. The van der Waals surface area contributed by atoms with Crippen molar-refractivity contribution in [3.63, 3.8) is 0 Å². The topological polar surface area (TPSA) is 121 Å². The number of halogens is 4. The Morgan fingerprint density at radius 3 is 2.48 bits per heavy atom. The molecular weight excluding hydrogens is 608 g/mol. The molecule has 6 rings (SSSR count). The van der Waals surface area contributed by atoms with E-state index < -0.39 is 80.9 Å². The lowest BCUT2D eigenvalue weighted by molar-refractivity contribution is -0.130. The first-order valence-electron chi connectivity index (χ1n) is 14.4. The second kappa shape index (κ2) is 11.0. The van der Waals surface area contributed by atoms with E-state index in [1.807, 2.05) is 0 Å². The maximum Gasteiger partial charge on any atom is 0.354 e. The molecule has 2 aromatic heterocycles. The number of hydrogen-bond donors (Lipinski definition) is 2. The monoisotopic (exact) mass is 636 g/mol. The van der Waals surface area contributed by atoms with Crippen LogP contribution in [0.25, 0.3) is 27.7 Å². The number of carbonyl (C=O) groups is 2. The van der Waals surface area contributed by atoms with E-state index in [4.69, 9.17) is 0 Å². The summed E-state index contributed by atoms with van der Waals surface area (Å²) in [6.07, 6.45) is 2.58. The van der Waals surface area contributed by atoms with Gasteiger partial charge >= 0.3 is 5.69 Å². The molecule has 4 aromatic rings. The highest BCUT2D eigenvalue weighted by Gasteiger charge is 2.43. The number of benzene rings is 2. The van der Waals surface area contributed by atoms with Gasteiger partial charge in [-0.3, -0.25) is 19.1 Å². The van der Waals surface area contributed by atoms with Crippen molar-refractivity contribution in [2.75, 3.05) is 23.3 Å². The van der Waals surface area contributed by atoms with Crippen molar-refractivity contribution in [3.05, 3.63) is 82.1 Å². The maximum atomic E-state index is 17.1. The van der Waals surface area contributed by atoms with E-state index in [1.165, 1.54) is 16.0 Å². The molecule has 14 heteroatoms. The fourth-order valence-electron chi connectivity index (χ4n) is 6.28. The van der Waals surface area contributed by atoms with Gasteiger partial charge in [0.2, 0.25) is 11.8 Å². The van der Waals surface area contributed by atoms with Crippen molar-refractivity contribution in [2.24, 2.45) is 0 Å². The van der Waals surface area contributed by atoms with Gasteiger partial charge in [-0.15, -0.1) is 0 Å². The van der Waals surface area contributed by atoms with Crippen LogP contribution < -0.4 is 15.9 Å². The minimum Gasteiger partial charge on any atom is -0.507 e. The lowest BCUT2D eigenvalue weighted by Crippen LogP contribution is -2.62. The van der Waals surface area contributed by atoms with Gasteiger partial charge < -0.3 is 20.2 Å². The van der Waals surface area contributed by atoms with Gasteiger partial charge in [-0.1, -0.05) is 20.4 Å². The number of aromatic hydroxyl groups is 1. The second-order valence-corrected chi connectivity index (χ2v) is 11.6. The van der Waals surface area contributed by atoms with Gasteiger partial charge in [0.1, 0.15) is 23.1 Å². The summed E-state index contributed by atoms with van der Waals surface area (Å²) in [7, 11) is 0.